The molecule has 6 nitrogen and oxygen atoms in total. The number of carbonyl (C=O) groups is 1. The predicted molar refractivity (Wildman–Crippen MR) is 131 cm³/mol. The van der Waals surface area contributed by atoms with Gasteiger partial charge in [-0.3, -0.25) is 4.79 Å². The summed E-state index contributed by atoms with van der Waals surface area (Å²) in [5.41, 5.74) is -1.98. The van der Waals surface area contributed by atoms with Crippen molar-refractivity contribution in [1.82, 2.24) is 20.1 Å². The van der Waals surface area contributed by atoms with Gasteiger partial charge in [0.25, 0.3) is 5.91 Å². The SMILES string of the molecule is CCCNCc1cc2c(c(C(F)(F)F)c1)CN(c1cccc(C3([C@@H](F)c4nncn4C)CC(F)(F)C3)c1)C2=O. The number of halogens is 6. The first kappa shape index (κ1) is 27.2. The first-order chi connectivity index (χ1) is 18.4. The average molecular weight is 552 g/mol. The molecule has 1 fully saturated rings. The van der Waals surface area contributed by atoms with Gasteiger partial charge in [0.1, 0.15) is 6.33 Å². The van der Waals surface area contributed by atoms with Crippen LogP contribution in [0, 0.1) is 0 Å². The zero-order chi connectivity index (χ0) is 28.2. The Kier molecular flexibility index (Phi) is 6.72. The van der Waals surface area contributed by atoms with Crippen LogP contribution in [0.1, 0.15) is 70.8 Å². The predicted octanol–water partition coefficient (Wildman–Crippen LogP) is 5.87. The standard InChI is InChI=1S/C27H27F6N5O/c1-3-7-34-11-16-8-19-20(21(9-16)27(31,32)33)12-38(24(19)39)18-6-4-5-17(10-18)25(13-26(29,30)14-25)22(28)23-36-35-15-37(23)2/h4-6,8-10,15,22,34H,3,7,11-14H2,1-2H3/t22-/m0/s1. The Morgan fingerprint density at radius 2 is 1.90 bits per heavy atom. The van der Waals surface area contributed by atoms with Crippen LogP contribution in [0.4, 0.5) is 32.0 Å². The first-order valence-corrected chi connectivity index (χ1v) is 12.6. The van der Waals surface area contributed by atoms with Crippen LogP contribution >= 0.6 is 0 Å². The molecule has 1 N–H and O–H groups in total. The van der Waals surface area contributed by atoms with E-state index in [-0.39, 0.29) is 41.3 Å². The van der Waals surface area contributed by atoms with E-state index in [0.29, 0.717) is 12.1 Å². The van der Waals surface area contributed by atoms with Crippen molar-refractivity contribution in [1.29, 1.82) is 0 Å². The number of fused-ring (bicyclic) bond motifs is 1. The zero-order valence-electron chi connectivity index (χ0n) is 21.3. The molecule has 0 spiro atoms. The van der Waals surface area contributed by atoms with Gasteiger partial charge >= 0.3 is 6.18 Å². The fourth-order valence-electron chi connectivity index (χ4n) is 5.59. The highest BCUT2D eigenvalue weighted by atomic mass is 19.4. The summed E-state index contributed by atoms with van der Waals surface area (Å²) < 4.78 is 87.5. The van der Waals surface area contributed by atoms with E-state index in [1.54, 1.807) is 0 Å². The van der Waals surface area contributed by atoms with E-state index < -0.39 is 48.0 Å². The summed E-state index contributed by atoms with van der Waals surface area (Å²) >= 11 is 0. The summed E-state index contributed by atoms with van der Waals surface area (Å²) in [5, 5.41) is 10.5. The number of benzene rings is 2. The molecule has 2 aromatic carbocycles. The molecule has 1 aliphatic carbocycles. The Morgan fingerprint density at radius 3 is 2.51 bits per heavy atom. The van der Waals surface area contributed by atoms with Crippen LogP contribution in [0.15, 0.2) is 42.7 Å². The Morgan fingerprint density at radius 1 is 1.15 bits per heavy atom. The highest BCUT2D eigenvalue weighted by Gasteiger charge is 2.62. The minimum atomic E-state index is -4.68. The summed E-state index contributed by atoms with van der Waals surface area (Å²) in [6.45, 7) is 2.36. The molecule has 1 aliphatic heterocycles. The summed E-state index contributed by atoms with van der Waals surface area (Å²) in [6, 6.07) is 8.42. The fourth-order valence-corrected chi connectivity index (χ4v) is 5.59. The molecule has 0 bridgehead atoms. The number of aromatic nitrogens is 3. The maximum atomic E-state index is 15.8. The molecule has 1 saturated carbocycles. The van der Waals surface area contributed by atoms with Crippen LogP contribution in [0.3, 0.4) is 0 Å². The summed E-state index contributed by atoms with van der Waals surface area (Å²) in [5.74, 6) is -3.84. The second-order valence-electron chi connectivity index (χ2n) is 10.3. The molecule has 0 saturated heterocycles. The maximum Gasteiger partial charge on any atom is 0.416 e. The quantitative estimate of drug-likeness (QED) is 0.281. The molecular weight excluding hydrogens is 524 g/mol. The van der Waals surface area contributed by atoms with E-state index in [9.17, 15) is 26.7 Å². The number of amides is 1. The van der Waals surface area contributed by atoms with Crippen molar-refractivity contribution < 1.29 is 31.1 Å². The third kappa shape index (κ3) is 4.79. The topological polar surface area (TPSA) is 63.0 Å². The van der Waals surface area contributed by atoms with Gasteiger partial charge in [0.2, 0.25) is 5.92 Å². The number of carbonyl (C=O) groups excluding carboxylic acids is 1. The molecule has 1 amide bonds. The summed E-state index contributed by atoms with van der Waals surface area (Å²) in [4.78, 5) is 14.6. The number of nitrogens with zero attached hydrogens (tertiary/aromatic N) is 4. The van der Waals surface area contributed by atoms with Crippen LogP contribution in [0.25, 0.3) is 0 Å². The van der Waals surface area contributed by atoms with Gasteiger partial charge in [-0.25, -0.2) is 13.2 Å². The van der Waals surface area contributed by atoms with Crippen molar-refractivity contribution in [3.05, 3.63) is 76.4 Å². The number of alkyl halides is 6. The molecule has 2 aliphatic rings. The Hall–Kier alpha value is -3.41. The minimum absolute atomic E-state index is 0.0594. The molecule has 5 rings (SSSR count). The molecular formula is C27H27F6N5O. The summed E-state index contributed by atoms with van der Waals surface area (Å²) in [7, 11) is 1.51. The number of nitrogens with one attached hydrogen (secondary N) is 1. The number of hydrogen-bond acceptors (Lipinski definition) is 4. The second-order valence-corrected chi connectivity index (χ2v) is 10.3. The van der Waals surface area contributed by atoms with E-state index in [0.717, 1.165) is 12.5 Å². The normalized spacial score (nSPS) is 18.7. The summed E-state index contributed by atoms with van der Waals surface area (Å²) in [6.07, 6.45) is -6.09. The lowest BCUT2D eigenvalue weighted by molar-refractivity contribution is -0.151. The Bertz CT molecular complexity index is 1390. The molecule has 2 heterocycles. The van der Waals surface area contributed by atoms with Gasteiger partial charge in [-0.15, -0.1) is 10.2 Å². The van der Waals surface area contributed by atoms with Gasteiger partial charge in [0.05, 0.1) is 12.1 Å². The highest BCUT2D eigenvalue weighted by molar-refractivity contribution is 6.10. The number of hydrogen-bond donors (Lipinski definition) is 1. The molecule has 1 atom stereocenters. The van der Waals surface area contributed by atoms with Crippen molar-refractivity contribution in [2.75, 3.05) is 11.4 Å². The van der Waals surface area contributed by atoms with Crippen molar-refractivity contribution in [3.8, 4) is 0 Å². The van der Waals surface area contributed by atoms with Gasteiger partial charge in [-0.2, -0.15) is 13.2 Å². The largest absolute Gasteiger partial charge is 0.416 e. The number of aryl methyl sites for hydroxylation is 1. The average Bonchev–Trinajstić information content (AvgIpc) is 3.44. The van der Waals surface area contributed by atoms with Crippen molar-refractivity contribution in [2.24, 2.45) is 7.05 Å². The molecule has 0 unspecified atom stereocenters. The highest BCUT2D eigenvalue weighted by Crippen LogP contribution is 2.60. The Labute approximate surface area is 221 Å². The van der Waals surface area contributed by atoms with Crippen molar-refractivity contribution in [3.63, 3.8) is 0 Å². The van der Waals surface area contributed by atoms with E-state index in [4.69, 9.17) is 0 Å². The molecule has 1 aromatic heterocycles. The van der Waals surface area contributed by atoms with Gasteiger partial charge in [0.15, 0.2) is 12.0 Å². The van der Waals surface area contributed by atoms with Gasteiger partial charge in [-0.05, 0) is 53.9 Å². The van der Waals surface area contributed by atoms with E-state index in [2.05, 4.69) is 15.5 Å². The van der Waals surface area contributed by atoms with E-state index in [1.165, 1.54) is 53.2 Å². The van der Waals surface area contributed by atoms with Gasteiger partial charge in [0, 0.05) is 43.1 Å². The van der Waals surface area contributed by atoms with Crippen LogP contribution in [-0.2, 0) is 31.7 Å². The smallest absolute Gasteiger partial charge is 0.318 e. The monoisotopic (exact) mass is 551 g/mol. The molecule has 39 heavy (non-hydrogen) atoms. The van der Waals surface area contributed by atoms with Crippen molar-refractivity contribution in [2.45, 2.75) is 63.0 Å². The maximum absolute atomic E-state index is 15.8. The molecule has 208 valence electrons. The van der Waals surface area contributed by atoms with Crippen LogP contribution in [-0.4, -0.2) is 33.1 Å². The van der Waals surface area contributed by atoms with Crippen LogP contribution in [0.2, 0.25) is 0 Å². The number of rotatable bonds is 8. The second kappa shape index (κ2) is 9.65. The third-order valence-electron chi connectivity index (χ3n) is 7.50. The lowest BCUT2D eigenvalue weighted by Crippen LogP contribution is -2.52. The molecule has 3 aromatic rings. The molecule has 0 radical (unpaired) electrons. The first-order valence-electron chi connectivity index (χ1n) is 12.6. The van der Waals surface area contributed by atoms with Crippen molar-refractivity contribution >= 4 is 11.6 Å². The minimum Gasteiger partial charge on any atom is -0.318 e. The van der Waals surface area contributed by atoms with Gasteiger partial charge in [-0.1, -0.05) is 19.1 Å². The third-order valence-corrected chi connectivity index (χ3v) is 7.50. The fraction of sp³-hybridized carbons (Fsp3) is 0.444. The number of anilines is 1. The van der Waals surface area contributed by atoms with E-state index >= 15 is 4.39 Å². The molecule has 12 heteroatoms. The zero-order valence-corrected chi connectivity index (χ0v) is 21.3. The Balaban J connectivity index is 1.51. The lowest BCUT2D eigenvalue weighted by atomic mass is 9.59. The van der Waals surface area contributed by atoms with E-state index in [1.807, 2.05) is 6.92 Å². The van der Waals surface area contributed by atoms with Gasteiger partial charge < -0.3 is 14.8 Å². The lowest BCUT2D eigenvalue weighted by Gasteiger charge is -2.49. The van der Waals surface area contributed by atoms with Crippen LogP contribution in [0.5, 0.6) is 0 Å². The van der Waals surface area contributed by atoms with Crippen LogP contribution < -0.4 is 10.2 Å².